The van der Waals surface area contributed by atoms with Gasteiger partial charge in [0.05, 0.1) is 6.61 Å². The Morgan fingerprint density at radius 3 is 2.89 bits per heavy atom. The third-order valence-electron chi connectivity index (χ3n) is 4.04. The molecule has 0 bridgehead atoms. The highest BCUT2D eigenvalue weighted by Crippen LogP contribution is 2.38. The van der Waals surface area contributed by atoms with Crippen LogP contribution in [0.15, 0.2) is 24.3 Å². The van der Waals surface area contributed by atoms with Gasteiger partial charge in [0.1, 0.15) is 0 Å². The van der Waals surface area contributed by atoms with Crippen molar-refractivity contribution in [2.24, 2.45) is 5.41 Å². The van der Waals surface area contributed by atoms with Crippen molar-refractivity contribution in [1.82, 2.24) is 4.90 Å². The van der Waals surface area contributed by atoms with E-state index in [0.29, 0.717) is 11.3 Å². The smallest absolute Gasteiger partial charge is 0.253 e. The van der Waals surface area contributed by atoms with E-state index in [1.807, 2.05) is 17.0 Å². The Morgan fingerprint density at radius 2 is 2.21 bits per heavy atom. The Morgan fingerprint density at radius 1 is 1.37 bits per heavy atom. The lowest BCUT2D eigenvalue weighted by Gasteiger charge is -2.22. The SMILES string of the molecule is Cl.Nc1cccc(C(=O)N2CCC3(CCOC3)C2)c1. The monoisotopic (exact) mass is 282 g/mol. The van der Waals surface area contributed by atoms with Gasteiger partial charge in [-0.2, -0.15) is 0 Å². The summed E-state index contributed by atoms with van der Waals surface area (Å²) >= 11 is 0. The number of carbonyl (C=O) groups is 1. The minimum Gasteiger partial charge on any atom is -0.399 e. The average Bonchev–Trinajstić information content (AvgIpc) is 3.00. The number of carbonyl (C=O) groups excluding carboxylic acids is 1. The van der Waals surface area contributed by atoms with Crippen molar-refractivity contribution in [1.29, 1.82) is 0 Å². The molecule has 2 heterocycles. The van der Waals surface area contributed by atoms with Gasteiger partial charge >= 0.3 is 0 Å². The van der Waals surface area contributed by atoms with Crippen molar-refractivity contribution in [3.63, 3.8) is 0 Å². The molecule has 5 heteroatoms. The summed E-state index contributed by atoms with van der Waals surface area (Å²) in [5, 5.41) is 0. The zero-order valence-corrected chi connectivity index (χ0v) is 11.6. The first-order chi connectivity index (χ1) is 8.69. The van der Waals surface area contributed by atoms with Crippen molar-refractivity contribution < 1.29 is 9.53 Å². The standard InChI is InChI=1S/C14H18N2O2.ClH/c15-12-3-1-2-11(8-12)13(17)16-6-4-14(9-16)5-7-18-10-14;/h1-3,8H,4-7,9-10,15H2;1H. The fourth-order valence-electron chi connectivity index (χ4n) is 2.93. The maximum Gasteiger partial charge on any atom is 0.253 e. The lowest BCUT2D eigenvalue weighted by atomic mass is 9.87. The van der Waals surface area contributed by atoms with Gasteiger partial charge in [0, 0.05) is 36.4 Å². The second-order valence-corrected chi connectivity index (χ2v) is 5.40. The molecule has 0 saturated carbocycles. The van der Waals surface area contributed by atoms with Gasteiger partial charge in [-0.3, -0.25) is 4.79 Å². The predicted molar refractivity (Wildman–Crippen MR) is 76.5 cm³/mol. The van der Waals surface area contributed by atoms with Gasteiger partial charge in [0.25, 0.3) is 5.91 Å². The molecule has 2 aliphatic heterocycles. The van der Waals surface area contributed by atoms with Crippen molar-refractivity contribution in [3.05, 3.63) is 29.8 Å². The van der Waals surface area contributed by atoms with Crippen LogP contribution in [0, 0.1) is 5.41 Å². The van der Waals surface area contributed by atoms with E-state index >= 15 is 0 Å². The molecule has 0 aliphatic carbocycles. The number of rotatable bonds is 1. The molecule has 3 rings (SSSR count). The number of anilines is 1. The molecule has 0 aromatic heterocycles. The van der Waals surface area contributed by atoms with Crippen LogP contribution in [0.1, 0.15) is 23.2 Å². The second kappa shape index (κ2) is 5.39. The van der Waals surface area contributed by atoms with E-state index in [0.717, 1.165) is 39.1 Å². The Labute approximate surface area is 119 Å². The van der Waals surface area contributed by atoms with Crippen LogP contribution in [0.25, 0.3) is 0 Å². The van der Waals surface area contributed by atoms with E-state index in [-0.39, 0.29) is 23.7 Å². The lowest BCUT2D eigenvalue weighted by molar-refractivity contribution is 0.0766. The quantitative estimate of drug-likeness (QED) is 0.801. The van der Waals surface area contributed by atoms with Crippen LogP contribution in [0.2, 0.25) is 0 Å². The van der Waals surface area contributed by atoms with E-state index < -0.39 is 0 Å². The summed E-state index contributed by atoms with van der Waals surface area (Å²) in [6.45, 7) is 3.28. The number of ether oxygens (including phenoxy) is 1. The molecule has 19 heavy (non-hydrogen) atoms. The van der Waals surface area contributed by atoms with E-state index in [1.54, 1.807) is 12.1 Å². The van der Waals surface area contributed by atoms with Crippen LogP contribution < -0.4 is 5.73 Å². The van der Waals surface area contributed by atoms with Crippen LogP contribution >= 0.6 is 12.4 Å². The minimum absolute atomic E-state index is 0. The summed E-state index contributed by atoms with van der Waals surface area (Å²) in [5.41, 5.74) is 7.26. The van der Waals surface area contributed by atoms with Gasteiger partial charge in [0.2, 0.25) is 0 Å². The number of nitrogen functional groups attached to an aromatic ring is 1. The molecule has 104 valence electrons. The first-order valence-electron chi connectivity index (χ1n) is 6.41. The zero-order chi connectivity index (χ0) is 12.6. The summed E-state index contributed by atoms with van der Waals surface area (Å²) < 4.78 is 5.48. The summed E-state index contributed by atoms with van der Waals surface area (Å²) in [6, 6.07) is 7.20. The minimum atomic E-state index is 0. The maximum absolute atomic E-state index is 12.4. The third-order valence-corrected chi connectivity index (χ3v) is 4.04. The Hall–Kier alpha value is -1.26. The van der Waals surface area contributed by atoms with Crippen molar-refractivity contribution >= 4 is 24.0 Å². The molecular formula is C14H19ClN2O2. The highest BCUT2D eigenvalue weighted by molar-refractivity contribution is 5.95. The molecule has 2 N–H and O–H groups in total. The number of benzene rings is 1. The third kappa shape index (κ3) is 2.69. The Kier molecular flexibility index (Phi) is 4.02. The molecule has 1 atom stereocenters. The second-order valence-electron chi connectivity index (χ2n) is 5.40. The van der Waals surface area contributed by atoms with Gasteiger partial charge in [-0.05, 0) is 31.0 Å². The molecule has 2 aliphatic rings. The topological polar surface area (TPSA) is 55.6 Å². The largest absolute Gasteiger partial charge is 0.399 e. The number of nitrogens with two attached hydrogens (primary N) is 1. The van der Waals surface area contributed by atoms with Gasteiger partial charge in [0.15, 0.2) is 0 Å². The van der Waals surface area contributed by atoms with E-state index in [9.17, 15) is 4.79 Å². The Balaban J connectivity index is 0.00000133. The molecule has 1 aromatic carbocycles. The lowest BCUT2D eigenvalue weighted by Crippen LogP contribution is -2.32. The molecule has 1 aromatic rings. The van der Waals surface area contributed by atoms with Crippen molar-refractivity contribution in [3.8, 4) is 0 Å². The van der Waals surface area contributed by atoms with E-state index in [4.69, 9.17) is 10.5 Å². The van der Waals surface area contributed by atoms with Gasteiger partial charge in [-0.25, -0.2) is 0 Å². The van der Waals surface area contributed by atoms with Crippen LogP contribution in [-0.4, -0.2) is 37.1 Å². The van der Waals surface area contributed by atoms with Gasteiger partial charge in [-0.15, -0.1) is 12.4 Å². The average molecular weight is 283 g/mol. The van der Waals surface area contributed by atoms with Gasteiger partial charge < -0.3 is 15.4 Å². The predicted octanol–water partition coefficient (Wildman–Crippen LogP) is 1.94. The molecule has 1 amide bonds. The molecule has 4 nitrogen and oxygen atoms in total. The molecular weight excluding hydrogens is 264 g/mol. The fourth-order valence-corrected chi connectivity index (χ4v) is 2.93. The zero-order valence-electron chi connectivity index (χ0n) is 10.8. The van der Waals surface area contributed by atoms with Crippen LogP contribution in [0.4, 0.5) is 5.69 Å². The molecule has 1 unspecified atom stereocenters. The number of amides is 1. The molecule has 2 saturated heterocycles. The van der Waals surface area contributed by atoms with Crippen LogP contribution in [0.3, 0.4) is 0 Å². The van der Waals surface area contributed by atoms with Crippen LogP contribution in [-0.2, 0) is 4.74 Å². The number of hydrogen-bond donors (Lipinski definition) is 1. The summed E-state index contributed by atoms with van der Waals surface area (Å²) in [6.07, 6.45) is 2.13. The molecule has 1 spiro atoms. The Bertz CT molecular complexity index is 472. The van der Waals surface area contributed by atoms with Gasteiger partial charge in [-0.1, -0.05) is 6.07 Å². The summed E-state index contributed by atoms with van der Waals surface area (Å²) in [7, 11) is 0. The van der Waals surface area contributed by atoms with Crippen molar-refractivity contribution in [2.45, 2.75) is 12.8 Å². The van der Waals surface area contributed by atoms with Crippen molar-refractivity contribution in [2.75, 3.05) is 32.0 Å². The number of likely N-dealkylation sites (tertiary alicyclic amines) is 1. The maximum atomic E-state index is 12.4. The van der Waals surface area contributed by atoms with E-state index in [1.165, 1.54) is 0 Å². The first-order valence-corrected chi connectivity index (χ1v) is 6.41. The summed E-state index contributed by atoms with van der Waals surface area (Å²) in [4.78, 5) is 14.3. The number of hydrogen-bond acceptors (Lipinski definition) is 3. The number of halogens is 1. The first kappa shape index (κ1) is 14.2. The highest BCUT2D eigenvalue weighted by Gasteiger charge is 2.42. The molecule has 0 radical (unpaired) electrons. The van der Waals surface area contributed by atoms with E-state index in [2.05, 4.69) is 0 Å². The van der Waals surface area contributed by atoms with Crippen LogP contribution in [0.5, 0.6) is 0 Å². The number of nitrogens with zero attached hydrogens (tertiary/aromatic N) is 1. The highest BCUT2D eigenvalue weighted by atomic mass is 35.5. The fraction of sp³-hybridized carbons (Fsp3) is 0.500. The molecule has 2 fully saturated rings. The normalized spacial score (nSPS) is 25.6. The summed E-state index contributed by atoms with van der Waals surface area (Å²) in [5.74, 6) is 0.0890.